The Morgan fingerprint density at radius 3 is 2.63 bits per heavy atom. The van der Waals surface area contributed by atoms with Crippen LogP contribution in [0, 0.1) is 23.7 Å². The Morgan fingerprint density at radius 2 is 1.96 bits per heavy atom. The fraction of sp³-hybridized carbons (Fsp3) is 0.429. The van der Waals surface area contributed by atoms with E-state index in [0.29, 0.717) is 40.3 Å². The van der Waals surface area contributed by atoms with Gasteiger partial charge in [-0.2, -0.15) is 0 Å². The van der Waals surface area contributed by atoms with Crippen molar-refractivity contribution in [2.75, 3.05) is 7.05 Å². The second-order valence-corrected chi connectivity index (χ2v) is 8.24. The molecule has 2 aliphatic carbocycles. The van der Waals surface area contributed by atoms with Crippen molar-refractivity contribution in [2.45, 2.75) is 37.8 Å². The Hall–Kier alpha value is -2.29. The number of aromatic nitrogens is 2. The second-order valence-electron chi connectivity index (χ2n) is 7.83. The molecule has 1 amide bonds. The van der Waals surface area contributed by atoms with Gasteiger partial charge in [-0.25, -0.2) is 4.98 Å². The molecule has 3 aliphatic rings. The van der Waals surface area contributed by atoms with Crippen molar-refractivity contribution in [3.05, 3.63) is 46.5 Å². The molecule has 5 rings (SSSR count). The molecule has 1 aromatic heterocycles. The predicted octanol–water partition coefficient (Wildman–Crippen LogP) is 3.01. The van der Waals surface area contributed by atoms with Crippen molar-refractivity contribution >= 4 is 17.5 Å². The molecule has 0 radical (unpaired) electrons. The largest absolute Gasteiger partial charge is 0.377 e. The Balaban J connectivity index is 1.60. The molecule has 0 unspecified atom stereocenters. The highest BCUT2D eigenvalue weighted by molar-refractivity contribution is 6.34. The fourth-order valence-electron chi connectivity index (χ4n) is 3.99. The van der Waals surface area contributed by atoms with Gasteiger partial charge in [0.1, 0.15) is 17.6 Å². The van der Waals surface area contributed by atoms with Gasteiger partial charge in [0.25, 0.3) is 5.91 Å². The third-order valence-electron chi connectivity index (χ3n) is 5.85. The number of hydrogen-bond donors (Lipinski definition) is 1. The highest BCUT2D eigenvalue weighted by Crippen LogP contribution is 2.51. The Kier molecular flexibility index (Phi) is 3.65. The van der Waals surface area contributed by atoms with E-state index in [-0.39, 0.29) is 5.91 Å². The van der Waals surface area contributed by atoms with Crippen LogP contribution in [0.25, 0.3) is 5.69 Å². The van der Waals surface area contributed by atoms with Crippen molar-refractivity contribution in [2.24, 2.45) is 11.8 Å². The van der Waals surface area contributed by atoms with E-state index >= 15 is 0 Å². The summed E-state index contributed by atoms with van der Waals surface area (Å²) in [6, 6.07) is 5.42. The lowest BCUT2D eigenvalue weighted by molar-refractivity contribution is 0.0546. The first-order chi connectivity index (χ1) is 13.0. The van der Waals surface area contributed by atoms with Crippen LogP contribution in [0.4, 0.5) is 0 Å². The molecule has 2 saturated carbocycles. The zero-order chi connectivity index (χ0) is 18.8. The van der Waals surface area contributed by atoms with Gasteiger partial charge in [0.05, 0.1) is 28.5 Å². The van der Waals surface area contributed by atoms with E-state index in [1.165, 1.54) is 0 Å². The fourth-order valence-corrected chi connectivity index (χ4v) is 4.24. The highest BCUT2D eigenvalue weighted by Gasteiger charge is 2.52. The molecule has 0 atom stereocenters. The van der Waals surface area contributed by atoms with Crippen molar-refractivity contribution in [3.8, 4) is 17.5 Å². The third-order valence-corrected chi connectivity index (χ3v) is 6.16. The molecular weight excluding hydrogens is 362 g/mol. The number of aliphatic hydroxyl groups is 1. The summed E-state index contributed by atoms with van der Waals surface area (Å²) in [6.07, 6.45) is 5.88. The van der Waals surface area contributed by atoms with Crippen LogP contribution >= 0.6 is 11.6 Å². The summed E-state index contributed by atoms with van der Waals surface area (Å²) in [5.41, 5.74) is 1.76. The summed E-state index contributed by atoms with van der Waals surface area (Å²) in [7, 11) is 1.75. The normalized spacial score (nSPS) is 19.1. The van der Waals surface area contributed by atoms with Gasteiger partial charge >= 0.3 is 0 Å². The summed E-state index contributed by atoms with van der Waals surface area (Å²) in [5, 5.41) is 11.5. The molecule has 138 valence electrons. The number of amides is 1. The Morgan fingerprint density at radius 1 is 1.26 bits per heavy atom. The van der Waals surface area contributed by atoms with Gasteiger partial charge in [0.2, 0.25) is 0 Å². The quantitative estimate of drug-likeness (QED) is 0.813. The molecule has 0 spiro atoms. The van der Waals surface area contributed by atoms with Gasteiger partial charge in [-0.1, -0.05) is 23.6 Å². The molecule has 2 aromatic rings. The molecule has 1 aliphatic heterocycles. The maximum absolute atomic E-state index is 12.8. The lowest BCUT2D eigenvalue weighted by Crippen LogP contribution is -2.32. The van der Waals surface area contributed by atoms with E-state index in [1.807, 2.05) is 16.7 Å². The monoisotopic (exact) mass is 381 g/mol. The number of benzene rings is 1. The number of carbonyl (C=O) groups is 1. The minimum atomic E-state index is -0.885. The lowest BCUT2D eigenvalue weighted by Gasteiger charge is -2.21. The van der Waals surface area contributed by atoms with Crippen molar-refractivity contribution in [1.29, 1.82) is 0 Å². The molecule has 0 bridgehead atoms. The second kappa shape index (κ2) is 5.85. The van der Waals surface area contributed by atoms with Crippen LogP contribution in [0.2, 0.25) is 5.02 Å². The SMILES string of the molecule is CN1Cc2c(C#CC(O)(C3CC3)C3CC3)ncn2-c2cccc(Cl)c2C1=O. The number of halogens is 1. The Bertz CT molecular complexity index is 996. The third kappa shape index (κ3) is 2.67. The summed E-state index contributed by atoms with van der Waals surface area (Å²) < 4.78 is 1.89. The van der Waals surface area contributed by atoms with Crippen LogP contribution in [0.1, 0.15) is 47.4 Å². The van der Waals surface area contributed by atoms with Gasteiger partial charge in [-0.15, -0.1) is 0 Å². The van der Waals surface area contributed by atoms with Crippen LogP contribution in [-0.2, 0) is 6.54 Å². The van der Waals surface area contributed by atoms with Crippen LogP contribution < -0.4 is 0 Å². The van der Waals surface area contributed by atoms with Crippen molar-refractivity contribution in [1.82, 2.24) is 14.5 Å². The molecular formula is C21H20ClN3O2. The topological polar surface area (TPSA) is 58.4 Å². The highest BCUT2D eigenvalue weighted by atomic mass is 35.5. The van der Waals surface area contributed by atoms with Gasteiger partial charge in [0, 0.05) is 7.05 Å². The molecule has 5 nitrogen and oxygen atoms in total. The number of hydrogen-bond acceptors (Lipinski definition) is 3. The minimum absolute atomic E-state index is 0.120. The van der Waals surface area contributed by atoms with E-state index in [4.69, 9.17) is 11.6 Å². The molecule has 0 saturated heterocycles. The van der Waals surface area contributed by atoms with E-state index < -0.39 is 5.60 Å². The van der Waals surface area contributed by atoms with Gasteiger partial charge in [-0.3, -0.25) is 9.36 Å². The standard InChI is InChI=1S/C21H20ClN3O2/c1-24-11-18-16(9-10-21(27,13-5-6-13)14-7-8-14)23-12-25(18)17-4-2-3-15(22)19(17)20(24)26/h2-4,12-14,27H,5-8,11H2,1H3. The van der Waals surface area contributed by atoms with Crippen LogP contribution in [0.15, 0.2) is 24.5 Å². The summed E-state index contributed by atoms with van der Waals surface area (Å²) in [4.78, 5) is 18.9. The first-order valence-corrected chi connectivity index (χ1v) is 9.73. The maximum Gasteiger partial charge on any atom is 0.257 e. The molecule has 27 heavy (non-hydrogen) atoms. The summed E-state index contributed by atoms with van der Waals surface area (Å²) >= 11 is 6.31. The van der Waals surface area contributed by atoms with Crippen LogP contribution in [0.3, 0.4) is 0 Å². The van der Waals surface area contributed by atoms with E-state index in [0.717, 1.165) is 31.4 Å². The number of imidazole rings is 1. The molecule has 1 N–H and O–H groups in total. The van der Waals surface area contributed by atoms with Crippen LogP contribution in [-0.4, -0.2) is 38.1 Å². The first-order valence-electron chi connectivity index (χ1n) is 9.35. The predicted molar refractivity (Wildman–Crippen MR) is 102 cm³/mol. The van der Waals surface area contributed by atoms with Crippen LogP contribution in [0.5, 0.6) is 0 Å². The summed E-state index contributed by atoms with van der Waals surface area (Å²) in [5.74, 6) is 6.76. The molecule has 2 fully saturated rings. The van der Waals surface area contributed by atoms with E-state index in [9.17, 15) is 9.90 Å². The van der Waals surface area contributed by atoms with Gasteiger partial charge < -0.3 is 10.0 Å². The number of carbonyl (C=O) groups excluding carboxylic acids is 1. The van der Waals surface area contributed by atoms with Gasteiger partial charge in [0.15, 0.2) is 0 Å². The average molecular weight is 382 g/mol. The van der Waals surface area contributed by atoms with Gasteiger partial charge in [-0.05, 0) is 55.6 Å². The van der Waals surface area contributed by atoms with Crippen molar-refractivity contribution < 1.29 is 9.90 Å². The molecule has 2 heterocycles. The van der Waals surface area contributed by atoms with Crippen molar-refractivity contribution in [3.63, 3.8) is 0 Å². The molecule has 1 aromatic carbocycles. The molecule has 6 heteroatoms. The lowest BCUT2D eigenvalue weighted by atomic mass is 9.92. The average Bonchev–Trinajstić information content (AvgIpc) is 3.54. The first kappa shape index (κ1) is 16.9. The smallest absolute Gasteiger partial charge is 0.257 e. The number of nitrogens with zero attached hydrogens (tertiary/aromatic N) is 3. The van der Waals surface area contributed by atoms with E-state index in [2.05, 4.69) is 16.8 Å². The minimum Gasteiger partial charge on any atom is -0.377 e. The summed E-state index contributed by atoms with van der Waals surface area (Å²) in [6.45, 7) is 0.388. The zero-order valence-electron chi connectivity index (χ0n) is 15.1. The number of fused-ring (bicyclic) bond motifs is 3. The van der Waals surface area contributed by atoms with E-state index in [1.54, 1.807) is 24.3 Å². The number of rotatable bonds is 2. The Labute approximate surface area is 163 Å². The maximum atomic E-state index is 12.8. The zero-order valence-corrected chi connectivity index (χ0v) is 15.8.